The van der Waals surface area contributed by atoms with Crippen LogP contribution >= 0.6 is 0 Å². The van der Waals surface area contributed by atoms with E-state index in [0.29, 0.717) is 6.54 Å². The van der Waals surface area contributed by atoms with E-state index >= 15 is 0 Å². The van der Waals surface area contributed by atoms with E-state index in [1.807, 2.05) is 7.05 Å². The quantitative estimate of drug-likeness (QED) is 0.714. The standard InChI is InChI=1S/C11H23N3O/c1-13(2)11(15)9-14(3)8-10-4-6-12-7-5-10/h10,12H,4-9H2,1-3H3. The summed E-state index contributed by atoms with van der Waals surface area (Å²) in [6.45, 7) is 3.83. The lowest BCUT2D eigenvalue weighted by atomic mass is 9.98. The van der Waals surface area contributed by atoms with E-state index in [-0.39, 0.29) is 5.91 Å². The average molecular weight is 213 g/mol. The van der Waals surface area contributed by atoms with Crippen molar-refractivity contribution < 1.29 is 4.79 Å². The van der Waals surface area contributed by atoms with Gasteiger partial charge in [-0.1, -0.05) is 0 Å². The number of piperidine rings is 1. The first-order valence-electron chi connectivity index (χ1n) is 5.69. The maximum atomic E-state index is 11.5. The molecule has 0 radical (unpaired) electrons. The van der Waals surface area contributed by atoms with Crippen LogP contribution in [0.1, 0.15) is 12.8 Å². The lowest BCUT2D eigenvalue weighted by Crippen LogP contribution is -2.39. The van der Waals surface area contributed by atoms with Gasteiger partial charge in [0.25, 0.3) is 0 Å². The van der Waals surface area contributed by atoms with Gasteiger partial charge in [-0.05, 0) is 38.9 Å². The van der Waals surface area contributed by atoms with Crippen LogP contribution in [0, 0.1) is 5.92 Å². The van der Waals surface area contributed by atoms with Gasteiger partial charge in [0, 0.05) is 20.6 Å². The maximum absolute atomic E-state index is 11.5. The van der Waals surface area contributed by atoms with E-state index < -0.39 is 0 Å². The zero-order valence-corrected chi connectivity index (χ0v) is 10.1. The summed E-state index contributed by atoms with van der Waals surface area (Å²) >= 11 is 0. The second-order valence-electron chi connectivity index (χ2n) is 4.68. The van der Waals surface area contributed by atoms with Crippen LogP contribution in [0.3, 0.4) is 0 Å². The third-order valence-electron chi connectivity index (χ3n) is 2.93. The van der Waals surface area contributed by atoms with E-state index in [0.717, 1.165) is 25.6 Å². The average Bonchev–Trinajstić information content (AvgIpc) is 2.18. The molecule has 1 amide bonds. The van der Waals surface area contributed by atoms with E-state index in [9.17, 15) is 4.79 Å². The van der Waals surface area contributed by atoms with Crippen LogP contribution in [-0.4, -0.2) is 63.0 Å². The molecule has 0 bridgehead atoms. The number of amides is 1. The zero-order chi connectivity index (χ0) is 11.3. The molecule has 4 nitrogen and oxygen atoms in total. The number of hydrogen-bond donors (Lipinski definition) is 1. The highest BCUT2D eigenvalue weighted by atomic mass is 16.2. The number of carbonyl (C=O) groups excluding carboxylic acids is 1. The monoisotopic (exact) mass is 213 g/mol. The summed E-state index contributed by atoms with van der Waals surface area (Å²) < 4.78 is 0. The number of nitrogens with one attached hydrogen (secondary N) is 1. The minimum atomic E-state index is 0.187. The highest BCUT2D eigenvalue weighted by molar-refractivity contribution is 5.77. The molecule has 0 aliphatic carbocycles. The van der Waals surface area contributed by atoms with Crippen molar-refractivity contribution in [3.05, 3.63) is 0 Å². The number of nitrogens with zero attached hydrogens (tertiary/aromatic N) is 2. The van der Waals surface area contributed by atoms with Crippen LogP contribution in [0.15, 0.2) is 0 Å². The number of hydrogen-bond acceptors (Lipinski definition) is 3. The summed E-state index contributed by atoms with van der Waals surface area (Å²) in [4.78, 5) is 15.3. The van der Waals surface area contributed by atoms with Crippen LogP contribution in [0.25, 0.3) is 0 Å². The van der Waals surface area contributed by atoms with E-state index in [1.54, 1.807) is 19.0 Å². The van der Waals surface area contributed by atoms with Crippen LogP contribution < -0.4 is 5.32 Å². The van der Waals surface area contributed by atoms with Crippen LogP contribution in [-0.2, 0) is 4.79 Å². The summed E-state index contributed by atoms with van der Waals surface area (Å²) in [5.74, 6) is 0.942. The second kappa shape index (κ2) is 6.08. The molecule has 0 unspecified atom stereocenters. The van der Waals surface area contributed by atoms with Crippen LogP contribution in [0.5, 0.6) is 0 Å². The Morgan fingerprint density at radius 2 is 1.87 bits per heavy atom. The predicted molar refractivity (Wildman–Crippen MR) is 61.8 cm³/mol. The van der Waals surface area contributed by atoms with Crippen molar-refractivity contribution in [2.24, 2.45) is 5.92 Å². The third-order valence-corrected chi connectivity index (χ3v) is 2.93. The summed E-state index contributed by atoms with van der Waals surface area (Å²) in [6.07, 6.45) is 2.47. The fraction of sp³-hybridized carbons (Fsp3) is 0.909. The molecule has 1 aliphatic heterocycles. The van der Waals surface area contributed by atoms with Crippen molar-refractivity contribution in [2.75, 3.05) is 47.3 Å². The number of likely N-dealkylation sites (N-methyl/N-ethyl adjacent to an activating group) is 2. The molecule has 1 aliphatic rings. The molecule has 1 fully saturated rings. The van der Waals surface area contributed by atoms with Gasteiger partial charge in [-0.25, -0.2) is 0 Å². The molecule has 0 atom stereocenters. The van der Waals surface area contributed by atoms with E-state index in [1.165, 1.54) is 12.8 Å². The Balaban J connectivity index is 2.22. The molecular formula is C11H23N3O. The molecule has 4 heteroatoms. The third kappa shape index (κ3) is 4.62. The van der Waals surface area contributed by atoms with Gasteiger partial charge in [-0.3, -0.25) is 9.69 Å². The smallest absolute Gasteiger partial charge is 0.236 e. The van der Waals surface area contributed by atoms with Gasteiger partial charge in [0.05, 0.1) is 6.54 Å². The highest BCUT2D eigenvalue weighted by Crippen LogP contribution is 2.12. The van der Waals surface area contributed by atoms with Gasteiger partial charge in [-0.15, -0.1) is 0 Å². The zero-order valence-electron chi connectivity index (χ0n) is 10.1. The van der Waals surface area contributed by atoms with Crippen molar-refractivity contribution in [3.8, 4) is 0 Å². The molecule has 1 heterocycles. The molecule has 1 saturated heterocycles. The van der Waals surface area contributed by atoms with Gasteiger partial charge in [0.15, 0.2) is 0 Å². The SMILES string of the molecule is CN(CC(=O)N(C)C)CC1CCNCC1. The van der Waals surface area contributed by atoms with Gasteiger partial charge >= 0.3 is 0 Å². The molecule has 1 rings (SSSR count). The van der Waals surface area contributed by atoms with Crippen molar-refractivity contribution >= 4 is 5.91 Å². The van der Waals surface area contributed by atoms with Gasteiger partial charge < -0.3 is 10.2 Å². The first-order valence-corrected chi connectivity index (χ1v) is 5.69. The Morgan fingerprint density at radius 3 is 2.40 bits per heavy atom. The van der Waals surface area contributed by atoms with Crippen molar-refractivity contribution in [1.29, 1.82) is 0 Å². The largest absolute Gasteiger partial charge is 0.348 e. The summed E-state index contributed by atoms with van der Waals surface area (Å²) in [5, 5.41) is 3.35. The molecular weight excluding hydrogens is 190 g/mol. The van der Waals surface area contributed by atoms with E-state index in [2.05, 4.69) is 10.2 Å². The Kier molecular flexibility index (Phi) is 5.05. The first kappa shape index (κ1) is 12.5. The summed E-state index contributed by atoms with van der Waals surface area (Å²) in [5.41, 5.74) is 0. The van der Waals surface area contributed by atoms with Gasteiger partial charge in [-0.2, -0.15) is 0 Å². The fourth-order valence-electron chi connectivity index (χ4n) is 1.94. The van der Waals surface area contributed by atoms with E-state index in [4.69, 9.17) is 0 Å². The first-order chi connectivity index (χ1) is 7.09. The molecule has 0 aromatic heterocycles. The lowest BCUT2D eigenvalue weighted by molar-refractivity contribution is -0.129. The number of carbonyl (C=O) groups is 1. The molecule has 1 N–H and O–H groups in total. The Labute approximate surface area is 92.6 Å². The minimum Gasteiger partial charge on any atom is -0.348 e. The van der Waals surface area contributed by atoms with Crippen molar-refractivity contribution in [3.63, 3.8) is 0 Å². The van der Waals surface area contributed by atoms with Gasteiger partial charge in [0.1, 0.15) is 0 Å². The highest BCUT2D eigenvalue weighted by Gasteiger charge is 2.16. The maximum Gasteiger partial charge on any atom is 0.236 e. The molecule has 0 saturated carbocycles. The molecule has 15 heavy (non-hydrogen) atoms. The number of rotatable bonds is 4. The molecule has 0 aromatic rings. The summed E-state index contributed by atoms with van der Waals surface area (Å²) in [6, 6.07) is 0. The predicted octanol–water partition coefficient (Wildman–Crippen LogP) is 0.00600. The molecule has 0 aromatic carbocycles. The Morgan fingerprint density at radius 1 is 1.27 bits per heavy atom. The van der Waals surface area contributed by atoms with Gasteiger partial charge in [0.2, 0.25) is 5.91 Å². The Hall–Kier alpha value is -0.610. The van der Waals surface area contributed by atoms with Crippen molar-refractivity contribution in [1.82, 2.24) is 15.1 Å². The second-order valence-corrected chi connectivity index (χ2v) is 4.68. The topological polar surface area (TPSA) is 35.6 Å². The summed E-state index contributed by atoms with van der Waals surface area (Å²) in [7, 11) is 5.64. The normalized spacial score (nSPS) is 18.1. The molecule has 0 spiro atoms. The fourth-order valence-corrected chi connectivity index (χ4v) is 1.94. The lowest BCUT2D eigenvalue weighted by Gasteiger charge is -2.27. The van der Waals surface area contributed by atoms with Crippen LogP contribution in [0.4, 0.5) is 0 Å². The van der Waals surface area contributed by atoms with Crippen LogP contribution in [0.2, 0.25) is 0 Å². The Bertz CT molecular complexity index is 200. The molecule has 88 valence electrons. The van der Waals surface area contributed by atoms with Crippen molar-refractivity contribution in [2.45, 2.75) is 12.8 Å². The minimum absolute atomic E-state index is 0.187.